The third-order valence-corrected chi connectivity index (χ3v) is 5.24. The summed E-state index contributed by atoms with van der Waals surface area (Å²) in [5, 5.41) is 6.75. The molecule has 3 heterocycles. The van der Waals surface area contributed by atoms with E-state index in [1.807, 2.05) is 43.5 Å². The van der Waals surface area contributed by atoms with Crippen LogP contribution in [0.25, 0.3) is 17.0 Å². The molecule has 0 aliphatic heterocycles. The normalized spacial score (nSPS) is 10.9. The molecule has 0 aliphatic carbocycles. The molecule has 4 aromatic rings. The Hall–Kier alpha value is -3.19. The first-order valence-corrected chi connectivity index (χ1v) is 9.39. The number of thiazole rings is 1. The summed E-state index contributed by atoms with van der Waals surface area (Å²) in [7, 11) is 1.62. The van der Waals surface area contributed by atoms with Crippen LogP contribution in [0.1, 0.15) is 20.9 Å². The van der Waals surface area contributed by atoms with Crippen molar-refractivity contribution in [3.63, 3.8) is 0 Å². The molecule has 0 aliphatic rings. The summed E-state index contributed by atoms with van der Waals surface area (Å²) in [6, 6.07) is 13.3. The van der Waals surface area contributed by atoms with Crippen LogP contribution in [0, 0.1) is 13.8 Å². The molecule has 0 saturated carbocycles. The van der Waals surface area contributed by atoms with Crippen LogP contribution in [0.4, 0.5) is 10.8 Å². The van der Waals surface area contributed by atoms with E-state index < -0.39 is 0 Å². The van der Waals surface area contributed by atoms with Crippen molar-refractivity contribution in [2.24, 2.45) is 0 Å². The van der Waals surface area contributed by atoms with E-state index in [9.17, 15) is 4.79 Å². The molecule has 0 unspecified atom stereocenters. The molecule has 0 fully saturated rings. The van der Waals surface area contributed by atoms with Gasteiger partial charge in [0, 0.05) is 29.4 Å². The van der Waals surface area contributed by atoms with E-state index in [0.717, 1.165) is 38.4 Å². The number of anilines is 2. The molecule has 0 atom stereocenters. The third-order valence-electron chi connectivity index (χ3n) is 4.35. The summed E-state index contributed by atoms with van der Waals surface area (Å²) < 4.78 is 2.07. The predicted octanol–water partition coefficient (Wildman–Crippen LogP) is 4.18. The maximum Gasteiger partial charge on any atom is 0.251 e. The second-order valence-corrected chi connectivity index (χ2v) is 7.38. The number of rotatable bonds is 4. The molecule has 0 spiro atoms. The molecular formula is C20H19N5OS. The van der Waals surface area contributed by atoms with Gasteiger partial charge in [0.15, 0.2) is 5.13 Å². The summed E-state index contributed by atoms with van der Waals surface area (Å²) in [5.74, 6) is -0.1000. The quantitative estimate of drug-likeness (QED) is 0.560. The van der Waals surface area contributed by atoms with E-state index in [1.165, 1.54) is 0 Å². The number of carbonyl (C=O) groups excluding carboxylic acids is 1. The summed E-state index contributed by atoms with van der Waals surface area (Å²) in [5.41, 5.74) is 5.33. The zero-order chi connectivity index (χ0) is 19.0. The number of nitrogens with zero attached hydrogens (tertiary/aromatic N) is 3. The van der Waals surface area contributed by atoms with Crippen LogP contribution in [0.15, 0.2) is 48.7 Å². The Morgan fingerprint density at radius 3 is 2.59 bits per heavy atom. The van der Waals surface area contributed by atoms with Crippen molar-refractivity contribution in [3.8, 4) is 11.4 Å². The molecule has 0 bridgehead atoms. The Morgan fingerprint density at radius 2 is 1.85 bits per heavy atom. The van der Waals surface area contributed by atoms with Crippen LogP contribution < -0.4 is 10.6 Å². The van der Waals surface area contributed by atoms with E-state index in [1.54, 1.807) is 30.5 Å². The number of pyridine rings is 1. The van der Waals surface area contributed by atoms with Gasteiger partial charge >= 0.3 is 0 Å². The van der Waals surface area contributed by atoms with Crippen molar-refractivity contribution in [2.45, 2.75) is 13.8 Å². The standard InChI is InChI=1S/C20H19N5OS/c1-12-18(25-11-5-4-6-16(25)22-12)17-13(2)27-20(24-17)23-15-9-7-14(8-10-15)19(26)21-3/h4-11H,1-3H3,(H,21,26)(H,23,24). The minimum atomic E-state index is -0.1000. The lowest BCUT2D eigenvalue weighted by Gasteiger charge is -2.04. The highest BCUT2D eigenvalue weighted by Gasteiger charge is 2.17. The molecule has 136 valence electrons. The summed E-state index contributed by atoms with van der Waals surface area (Å²) in [6.07, 6.45) is 2.01. The minimum absolute atomic E-state index is 0.1000. The largest absolute Gasteiger partial charge is 0.355 e. The Balaban J connectivity index is 1.65. The number of benzene rings is 1. The van der Waals surface area contributed by atoms with Crippen molar-refractivity contribution in [1.82, 2.24) is 19.7 Å². The van der Waals surface area contributed by atoms with Crippen LogP contribution in [0.3, 0.4) is 0 Å². The molecule has 7 heteroatoms. The Bertz CT molecular complexity index is 1130. The van der Waals surface area contributed by atoms with Crippen LogP contribution in [-0.4, -0.2) is 27.3 Å². The zero-order valence-electron chi connectivity index (χ0n) is 15.3. The smallest absolute Gasteiger partial charge is 0.251 e. The fraction of sp³-hybridized carbons (Fsp3) is 0.150. The van der Waals surface area contributed by atoms with Gasteiger partial charge in [-0.15, -0.1) is 11.3 Å². The lowest BCUT2D eigenvalue weighted by Crippen LogP contribution is -2.17. The highest BCUT2D eigenvalue weighted by atomic mass is 32.1. The van der Waals surface area contributed by atoms with Gasteiger partial charge < -0.3 is 10.6 Å². The van der Waals surface area contributed by atoms with Crippen LogP contribution in [0.2, 0.25) is 0 Å². The fourth-order valence-corrected chi connectivity index (χ4v) is 3.88. The lowest BCUT2D eigenvalue weighted by atomic mass is 10.2. The molecule has 0 radical (unpaired) electrons. The van der Waals surface area contributed by atoms with Crippen molar-refractivity contribution < 1.29 is 4.79 Å². The molecular weight excluding hydrogens is 358 g/mol. The molecule has 1 aromatic carbocycles. The van der Waals surface area contributed by atoms with Gasteiger partial charge in [-0.3, -0.25) is 9.20 Å². The second kappa shape index (κ2) is 6.85. The maximum atomic E-state index is 11.7. The number of hydrogen-bond acceptors (Lipinski definition) is 5. The number of nitrogens with one attached hydrogen (secondary N) is 2. The first-order valence-electron chi connectivity index (χ1n) is 8.57. The number of imidazole rings is 1. The second-order valence-electron chi connectivity index (χ2n) is 6.18. The molecule has 3 aromatic heterocycles. The van der Waals surface area contributed by atoms with Gasteiger partial charge in [0.05, 0.1) is 11.4 Å². The first kappa shape index (κ1) is 17.2. The number of aryl methyl sites for hydroxylation is 2. The van der Waals surface area contributed by atoms with Gasteiger partial charge in [-0.1, -0.05) is 6.07 Å². The van der Waals surface area contributed by atoms with Crippen molar-refractivity contribution in [3.05, 3.63) is 64.8 Å². The average Bonchev–Trinajstić information content (AvgIpc) is 3.19. The van der Waals surface area contributed by atoms with Gasteiger partial charge in [-0.05, 0) is 50.2 Å². The Kier molecular flexibility index (Phi) is 4.37. The van der Waals surface area contributed by atoms with Crippen molar-refractivity contribution in [1.29, 1.82) is 0 Å². The van der Waals surface area contributed by atoms with Gasteiger partial charge in [0.2, 0.25) is 0 Å². The molecule has 27 heavy (non-hydrogen) atoms. The maximum absolute atomic E-state index is 11.7. The van der Waals surface area contributed by atoms with Crippen LogP contribution in [-0.2, 0) is 0 Å². The molecule has 1 amide bonds. The van der Waals surface area contributed by atoms with Gasteiger partial charge in [0.25, 0.3) is 5.91 Å². The van der Waals surface area contributed by atoms with Gasteiger partial charge in [-0.2, -0.15) is 0 Å². The van der Waals surface area contributed by atoms with Gasteiger partial charge in [0.1, 0.15) is 11.3 Å². The minimum Gasteiger partial charge on any atom is -0.355 e. The number of fused-ring (bicyclic) bond motifs is 1. The number of amides is 1. The number of aromatic nitrogens is 3. The van der Waals surface area contributed by atoms with E-state index in [2.05, 4.69) is 26.9 Å². The fourth-order valence-electron chi connectivity index (χ4n) is 3.04. The summed E-state index contributed by atoms with van der Waals surface area (Å²) in [4.78, 5) is 22.2. The number of hydrogen-bond donors (Lipinski definition) is 2. The van der Waals surface area contributed by atoms with Crippen molar-refractivity contribution in [2.75, 3.05) is 12.4 Å². The predicted molar refractivity (Wildman–Crippen MR) is 109 cm³/mol. The first-order chi connectivity index (χ1) is 13.1. The molecule has 2 N–H and O–H groups in total. The van der Waals surface area contributed by atoms with E-state index in [-0.39, 0.29) is 5.91 Å². The summed E-state index contributed by atoms with van der Waals surface area (Å²) >= 11 is 1.60. The lowest BCUT2D eigenvalue weighted by molar-refractivity contribution is 0.0963. The monoisotopic (exact) mass is 377 g/mol. The van der Waals surface area contributed by atoms with Crippen LogP contribution >= 0.6 is 11.3 Å². The SMILES string of the molecule is CNC(=O)c1ccc(Nc2nc(-c3c(C)nc4ccccn34)c(C)s2)cc1. The van der Waals surface area contributed by atoms with E-state index in [0.29, 0.717) is 5.56 Å². The molecule has 6 nitrogen and oxygen atoms in total. The van der Waals surface area contributed by atoms with Gasteiger partial charge in [-0.25, -0.2) is 9.97 Å². The molecule has 4 rings (SSSR count). The highest BCUT2D eigenvalue weighted by molar-refractivity contribution is 7.16. The zero-order valence-corrected chi connectivity index (χ0v) is 16.1. The number of carbonyl (C=O) groups is 1. The van der Waals surface area contributed by atoms with E-state index >= 15 is 0 Å². The molecule has 0 saturated heterocycles. The average molecular weight is 377 g/mol. The van der Waals surface area contributed by atoms with Crippen molar-refractivity contribution >= 4 is 33.7 Å². The van der Waals surface area contributed by atoms with E-state index in [4.69, 9.17) is 4.98 Å². The third kappa shape index (κ3) is 3.17. The highest BCUT2D eigenvalue weighted by Crippen LogP contribution is 2.34. The Labute approximate surface area is 160 Å². The summed E-state index contributed by atoms with van der Waals surface area (Å²) in [6.45, 7) is 4.07. The van der Waals surface area contributed by atoms with Crippen LogP contribution in [0.5, 0.6) is 0 Å². The Morgan fingerprint density at radius 1 is 1.07 bits per heavy atom. The topological polar surface area (TPSA) is 71.3 Å².